The lowest BCUT2D eigenvalue weighted by Gasteiger charge is -2.32. The maximum absolute atomic E-state index is 10.6. The topological polar surface area (TPSA) is 71.2 Å². The minimum absolute atomic E-state index is 0.0307. The van der Waals surface area contributed by atoms with Crippen molar-refractivity contribution in [2.45, 2.75) is 31.0 Å². The quantitative estimate of drug-likeness (QED) is 0.808. The molecule has 1 atom stereocenters. The summed E-state index contributed by atoms with van der Waals surface area (Å²) in [4.78, 5) is 13.0. The number of piperidine rings is 1. The molecule has 0 amide bonds. The van der Waals surface area contributed by atoms with E-state index in [1.807, 2.05) is 4.57 Å². The lowest BCUT2D eigenvalue weighted by Crippen LogP contribution is -2.36. The zero-order valence-corrected chi connectivity index (χ0v) is 11.3. The SMILES string of the molecule is CCN1CCCC(n2cnnc2SCC(=O)O)C1. The molecule has 2 heterocycles. The van der Waals surface area contributed by atoms with E-state index in [-0.39, 0.29) is 5.75 Å². The van der Waals surface area contributed by atoms with E-state index in [4.69, 9.17) is 5.11 Å². The largest absolute Gasteiger partial charge is 0.481 e. The molecule has 1 fully saturated rings. The second-order valence-electron chi connectivity index (χ2n) is 4.39. The molecule has 0 spiro atoms. The zero-order chi connectivity index (χ0) is 13.0. The molecule has 1 unspecified atom stereocenters. The normalized spacial score (nSPS) is 21.1. The average Bonchev–Trinajstić information content (AvgIpc) is 2.84. The van der Waals surface area contributed by atoms with Crippen molar-refractivity contribution in [3.63, 3.8) is 0 Å². The number of thioether (sulfide) groups is 1. The fourth-order valence-electron chi connectivity index (χ4n) is 2.26. The molecule has 0 bridgehead atoms. The number of carboxylic acids is 1. The van der Waals surface area contributed by atoms with E-state index in [9.17, 15) is 4.79 Å². The first-order valence-corrected chi connectivity index (χ1v) is 7.15. The predicted octanol–water partition coefficient (Wildman–Crippen LogP) is 1.11. The third kappa shape index (κ3) is 3.23. The van der Waals surface area contributed by atoms with Crippen LogP contribution in [-0.4, -0.2) is 56.1 Å². The first-order valence-electron chi connectivity index (χ1n) is 6.17. The van der Waals surface area contributed by atoms with Crippen molar-refractivity contribution in [2.24, 2.45) is 0 Å². The van der Waals surface area contributed by atoms with Gasteiger partial charge in [0.25, 0.3) is 0 Å². The number of aliphatic carboxylic acids is 1. The van der Waals surface area contributed by atoms with Crippen LogP contribution in [0.5, 0.6) is 0 Å². The van der Waals surface area contributed by atoms with Gasteiger partial charge in [-0.1, -0.05) is 18.7 Å². The van der Waals surface area contributed by atoms with Gasteiger partial charge in [-0.15, -0.1) is 10.2 Å². The summed E-state index contributed by atoms with van der Waals surface area (Å²) in [6, 6.07) is 0.366. The standard InChI is InChI=1S/C11H18N4O2S/c1-2-14-5-3-4-9(6-14)15-8-12-13-11(15)18-7-10(16)17/h8-9H,2-7H2,1H3,(H,16,17). The Morgan fingerprint density at radius 1 is 1.67 bits per heavy atom. The van der Waals surface area contributed by atoms with Gasteiger partial charge in [0.1, 0.15) is 6.33 Å². The van der Waals surface area contributed by atoms with Crippen molar-refractivity contribution in [1.82, 2.24) is 19.7 Å². The summed E-state index contributed by atoms with van der Waals surface area (Å²) in [6.45, 7) is 5.35. The second-order valence-corrected chi connectivity index (χ2v) is 5.33. The molecule has 0 radical (unpaired) electrons. The fourth-order valence-corrected chi connectivity index (χ4v) is 2.96. The van der Waals surface area contributed by atoms with Crippen molar-refractivity contribution >= 4 is 17.7 Å². The van der Waals surface area contributed by atoms with Crippen molar-refractivity contribution < 1.29 is 9.90 Å². The predicted molar refractivity (Wildman–Crippen MR) is 68.8 cm³/mol. The minimum atomic E-state index is -0.826. The van der Waals surface area contributed by atoms with Crippen LogP contribution in [0.2, 0.25) is 0 Å². The first-order chi connectivity index (χ1) is 8.70. The summed E-state index contributed by atoms with van der Waals surface area (Å²) in [6.07, 6.45) is 3.99. The van der Waals surface area contributed by atoms with Crippen molar-refractivity contribution in [2.75, 3.05) is 25.4 Å². The second kappa shape index (κ2) is 6.19. The first kappa shape index (κ1) is 13.4. The van der Waals surface area contributed by atoms with Gasteiger partial charge in [0.2, 0.25) is 0 Å². The van der Waals surface area contributed by atoms with Crippen molar-refractivity contribution in [1.29, 1.82) is 0 Å². The van der Waals surface area contributed by atoms with Gasteiger partial charge in [-0.25, -0.2) is 0 Å². The van der Waals surface area contributed by atoms with Crippen LogP contribution in [0.25, 0.3) is 0 Å². The van der Waals surface area contributed by atoms with Gasteiger partial charge in [0.15, 0.2) is 5.16 Å². The summed E-state index contributed by atoms with van der Waals surface area (Å²) in [5.74, 6) is -0.795. The number of aromatic nitrogens is 3. The highest BCUT2D eigenvalue weighted by atomic mass is 32.2. The van der Waals surface area contributed by atoms with E-state index in [1.54, 1.807) is 6.33 Å². The summed E-state index contributed by atoms with van der Waals surface area (Å²) in [5, 5.41) is 17.3. The summed E-state index contributed by atoms with van der Waals surface area (Å²) in [5.41, 5.74) is 0. The van der Waals surface area contributed by atoms with Crippen molar-refractivity contribution in [3.05, 3.63) is 6.33 Å². The monoisotopic (exact) mass is 270 g/mol. The lowest BCUT2D eigenvalue weighted by atomic mass is 10.1. The van der Waals surface area contributed by atoms with Gasteiger partial charge in [-0.05, 0) is 25.9 Å². The van der Waals surface area contributed by atoms with Gasteiger partial charge in [0, 0.05) is 12.6 Å². The van der Waals surface area contributed by atoms with Crippen LogP contribution >= 0.6 is 11.8 Å². The molecular weight excluding hydrogens is 252 g/mol. The minimum Gasteiger partial charge on any atom is -0.481 e. The Morgan fingerprint density at radius 3 is 3.22 bits per heavy atom. The number of hydrogen-bond donors (Lipinski definition) is 1. The van der Waals surface area contributed by atoms with Crippen LogP contribution < -0.4 is 0 Å². The molecule has 0 aliphatic carbocycles. The van der Waals surface area contributed by atoms with Gasteiger partial charge in [0.05, 0.1) is 5.75 Å². The number of likely N-dealkylation sites (N-methyl/N-ethyl adjacent to an activating group) is 1. The highest BCUT2D eigenvalue weighted by Gasteiger charge is 2.22. The Hall–Kier alpha value is -1.08. The van der Waals surface area contributed by atoms with Crippen LogP contribution in [0.15, 0.2) is 11.5 Å². The molecule has 100 valence electrons. The molecule has 0 saturated carbocycles. The highest BCUT2D eigenvalue weighted by Crippen LogP contribution is 2.25. The smallest absolute Gasteiger partial charge is 0.313 e. The maximum atomic E-state index is 10.6. The molecule has 2 rings (SSSR count). The highest BCUT2D eigenvalue weighted by molar-refractivity contribution is 7.99. The molecule has 1 aliphatic rings. The van der Waals surface area contributed by atoms with E-state index in [1.165, 1.54) is 18.2 Å². The summed E-state index contributed by atoms with van der Waals surface area (Å²) < 4.78 is 2.02. The number of hydrogen-bond acceptors (Lipinski definition) is 5. The average molecular weight is 270 g/mol. The molecule has 1 saturated heterocycles. The Kier molecular flexibility index (Phi) is 4.60. The van der Waals surface area contributed by atoms with Crippen LogP contribution in [0.3, 0.4) is 0 Å². The van der Waals surface area contributed by atoms with E-state index in [0.717, 1.165) is 26.1 Å². The Morgan fingerprint density at radius 2 is 2.50 bits per heavy atom. The third-order valence-electron chi connectivity index (χ3n) is 3.19. The number of likely N-dealkylation sites (tertiary alicyclic amines) is 1. The molecule has 1 N–H and O–H groups in total. The van der Waals surface area contributed by atoms with Crippen molar-refractivity contribution in [3.8, 4) is 0 Å². The molecule has 0 aromatic carbocycles. The number of nitrogens with zero attached hydrogens (tertiary/aromatic N) is 4. The fraction of sp³-hybridized carbons (Fsp3) is 0.727. The molecule has 7 heteroatoms. The molecular formula is C11H18N4O2S. The summed E-state index contributed by atoms with van der Waals surface area (Å²) in [7, 11) is 0. The van der Waals surface area contributed by atoms with E-state index >= 15 is 0 Å². The third-order valence-corrected chi connectivity index (χ3v) is 4.13. The number of carbonyl (C=O) groups is 1. The zero-order valence-electron chi connectivity index (χ0n) is 10.4. The molecule has 18 heavy (non-hydrogen) atoms. The van der Waals surface area contributed by atoms with Gasteiger partial charge < -0.3 is 14.6 Å². The van der Waals surface area contributed by atoms with E-state index in [0.29, 0.717) is 11.2 Å². The Labute approximate surface area is 110 Å². The summed E-state index contributed by atoms with van der Waals surface area (Å²) >= 11 is 1.24. The van der Waals surface area contributed by atoms with Crippen LogP contribution in [0.4, 0.5) is 0 Å². The number of carboxylic acid groups (broad SMARTS) is 1. The van der Waals surface area contributed by atoms with E-state index < -0.39 is 5.97 Å². The van der Waals surface area contributed by atoms with Gasteiger partial charge in [-0.3, -0.25) is 4.79 Å². The molecule has 1 aromatic heterocycles. The van der Waals surface area contributed by atoms with Crippen LogP contribution in [0, 0.1) is 0 Å². The van der Waals surface area contributed by atoms with Crippen LogP contribution in [-0.2, 0) is 4.79 Å². The molecule has 1 aliphatic heterocycles. The van der Waals surface area contributed by atoms with Crippen LogP contribution in [0.1, 0.15) is 25.8 Å². The van der Waals surface area contributed by atoms with E-state index in [2.05, 4.69) is 22.0 Å². The number of rotatable bonds is 5. The van der Waals surface area contributed by atoms with Gasteiger partial charge in [-0.2, -0.15) is 0 Å². The molecule has 1 aromatic rings. The molecule has 6 nitrogen and oxygen atoms in total. The van der Waals surface area contributed by atoms with Gasteiger partial charge >= 0.3 is 5.97 Å². The maximum Gasteiger partial charge on any atom is 0.313 e. The lowest BCUT2D eigenvalue weighted by molar-refractivity contribution is -0.133. The Balaban J connectivity index is 2.03. The Bertz CT molecular complexity index is 410.